The average molecular weight is 265 g/mol. The Bertz CT molecular complexity index is 420. The average Bonchev–Trinajstić information content (AvgIpc) is 3.09. The van der Waals surface area contributed by atoms with Gasteiger partial charge >= 0.3 is 0 Å². The van der Waals surface area contributed by atoms with E-state index in [-0.39, 0.29) is 11.6 Å². The Morgan fingerprint density at radius 3 is 2.47 bits per heavy atom. The molecule has 6 nitrogen and oxygen atoms in total. The van der Waals surface area contributed by atoms with Gasteiger partial charge in [0.15, 0.2) is 5.82 Å². The van der Waals surface area contributed by atoms with E-state index < -0.39 is 0 Å². The molecule has 19 heavy (non-hydrogen) atoms. The third kappa shape index (κ3) is 2.39. The molecule has 0 amide bonds. The number of aliphatic hydroxyl groups excluding tert-OH is 1. The molecule has 1 aliphatic carbocycles. The van der Waals surface area contributed by atoms with Crippen molar-refractivity contribution in [3.05, 3.63) is 5.82 Å². The molecule has 1 aromatic heterocycles. The summed E-state index contributed by atoms with van der Waals surface area (Å²) in [5, 5.41) is 22.8. The first-order chi connectivity index (χ1) is 9.21. The third-order valence-corrected chi connectivity index (χ3v) is 4.75. The Morgan fingerprint density at radius 2 is 1.89 bits per heavy atom. The van der Waals surface area contributed by atoms with E-state index >= 15 is 0 Å². The van der Waals surface area contributed by atoms with Crippen LogP contribution in [0.5, 0.6) is 0 Å². The van der Waals surface area contributed by atoms with Crippen LogP contribution in [0.2, 0.25) is 0 Å². The van der Waals surface area contributed by atoms with E-state index in [1.54, 1.807) is 7.05 Å². The summed E-state index contributed by atoms with van der Waals surface area (Å²) in [4.78, 5) is 3.97. The minimum Gasteiger partial charge on any atom is -0.391 e. The zero-order valence-electron chi connectivity index (χ0n) is 11.6. The molecular weight excluding hydrogens is 242 g/mol. The van der Waals surface area contributed by atoms with Crippen molar-refractivity contribution in [1.29, 1.82) is 0 Å². The fourth-order valence-corrected chi connectivity index (χ4v) is 3.78. The van der Waals surface area contributed by atoms with E-state index in [0.717, 1.165) is 25.9 Å². The van der Waals surface area contributed by atoms with Gasteiger partial charge in [0, 0.05) is 12.0 Å². The second-order valence-electron chi connectivity index (χ2n) is 5.92. The van der Waals surface area contributed by atoms with Crippen molar-refractivity contribution in [2.45, 2.75) is 56.6 Å². The molecule has 3 rings (SSSR count). The maximum Gasteiger partial charge on any atom is 0.177 e. The van der Waals surface area contributed by atoms with Crippen LogP contribution in [0.3, 0.4) is 0 Å². The molecule has 1 atom stereocenters. The smallest absolute Gasteiger partial charge is 0.177 e. The second kappa shape index (κ2) is 5.17. The standard InChI is InChI=1S/C13H23N5O/c1-17-15-12(14-16-17)10-11(19)13(6-2-3-7-13)18-8-4-5-9-18/h11,19H,2-10H2,1H3. The van der Waals surface area contributed by atoms with Gasteiger partial charge in [0.1, 0.15) is 0 Å². The van der Waals surface area contributed by atoms with Crippen molar-refractivity contribution in [3.63, 3.8) is 0 Å². The monoisotopic (exact) mass is 265 g/mol. The van der Waals surface area contributed by atoms with Gasteiger partial charge in [-0.2, -0.15) is 4.80 Å². The van der Waals surface area contributed by atoms with Gasteiger partial charge < -0.3 is 5.11 Å². The summed E-state index contributed by atoms with van der Waals surface area (Å²) in [6, 6.07) is 0. The minimum atomic E-state index is -0.378. The van der Waals surface area contributed by atoms with Gasteiger partial charge in [-0.1, -0.05) is 12.8 Å². The van der Waals surface area contributed by atoms with Crippen LogP contribution in [-0.2, 0) is 13.5 Å². The number of nitrogens with zero attached hydrogens (tertiary/aromatic N) is 5. The summed E-state index contributed by atoms with van der Waals surface area (Å²) >= 11 is 0. The van der Waals surface area contributed by atoms with E-state index in [2.05, 4.69) is 20.3 Å². The second-order valence-corrected chi connectivity index (χ2v) is 5.92. The summed E-state index contributed by atoms with van der Waals surface area (Å²) in [6.07, 6.45) is 7.32. The molecule has 1 aromatic rings. The molecule has 0 aromatic carbocycles. The Hall–Kier alpha value is -1.01. The molecule has 6 heteroatoms. The molecule has 0 bridgehead atoms. The van der Waals surface area contributed by atoms with Crippen LogP contribution < -0.4 is 0 Å². The molecule has 2 aliphatic rings. The lowest BCUT2D eigenvalue weighted by Gasteiger charge is -2.42. The van der Waals surface area contributed by atoms with Crippen LogP contribution >= 0.6 is 0 Å². The van der Waals surface area contributed by atoms with Crippen LogP contribution in [0, 0.1) is 0 Å². The lowest BCUT2D eigenvalue weighted by atomic mass is 9.86. The zero-order chi connectivity index (χ0) is 13.3. The van der Waals surface area contributed by atoms with E-state index in [4.69, 9.17) is 0 Å². The Kier molecular flexibility index (Phi) is 3.54. The van der Waals surface area contributed by atoms with Crippen molar-refractivity contribution in [1.82, 2.24) is 25.1 Å². The van der Waals surface area contributed by atoms with Crippen molar-refractivity contribution >= 4 is 0 Å². The first kappa shape index (κ1) is 13.0. The fourth-order valence-electron chi connectivity index (χ4n) is 3.78. The quantitative estimate of drug-likeness (QED) is 0.860. The molecule has 0 radical (unpaired) electrons. The molecule has 0 spiro atoms. The highest BCUT2D eigenvalue weighted by molar-refractivity contribution is 5.04. The Labute approximate surface area is 113 Å². The summed E-state index contributed by atoms with van der Waals surface area (Å²) in [6.45, 7) is 2.26. The number of likely N-dealkylation sites (tertiary alicyclic amines) is 1. The van der Waals surface area contributed by atoms with Crippen LogP contribution in [-0.4, -0.2) is 54.9 Å². The third-order valence-electron chi connectivity index (χ3n) is 4.75. The molecule has 1 saturated carbocycles. The van der Waals surface area contributed by atoms with Crippen LogP contribution in [0.15, 0.2) is 0 Å². The molecule has 106 valence electrons. The molecule has 1 N–H and O–H groups in total. The number of aliphatic hydroxyl groups is 1. The normalized spacial score (nSPS) is 24.9. The summed E-state index contributed by atoms with van der Waals surface area (Å²) in [7, 11) is 1.76. The number of tetrazole rings is 1. The molecular formula is C13H23N5O. The van der Waals surface area contributed by atoms with Gasteiger partial charge in [-0.05, 0) is 44.0 Å². The van der Waals surface area contributed by atoms with Crippen LogP contribution in [0.4, 0.5) is 0 Å². The summed E-state index contributed by atoms with van der Waals surface area (Å²) < 4.78 is 0. The van der Waals surface area contributed by atoms with Crippen molar-refractivity contribution in [2.75, 3.05) is 13.1 Å². The topological polar surface area (TPSA) is 67.1 Å². The molecule has 2 heterocycles. The molecule has 1 unspecified atom stereocenters. The van der Waals surface area contributed by atoms with Crippen LogP contribution in [0.1, 0.15) is 44.3 Å². The predicted molar refractivity (Wildman–Crippen MR) is 70.5 cm³/mol. The zero-order valence-corrected chi connectivity index (χ0v) is 11.6. The van der Waals surface area contributed by atoms with Crippen molar-refractivity contribution in [2.24, 2.45) is 7.05 Å². The van der Waals surface area contributed by atoms with E-state index in [1.165, 1.54) is 30.5 Å². The van der Waals surface area contributed by atoms with Gasteiger partial charge in [0.2, 0.25) is 0 Å². The van der Waals surface area contributed by atoms with E-state index in [9.17, 15) is 5.11 Å². The van der Waals surface area contributed by atoms with Crippen LogP contribution in [0.25, 0.3) is 0 Å². The lowest BCUT2D eigenvalue weighted by molar-refractivity contribution is -0.0182. The maximum atomic E-state index is 10.8. The van der Waals surface area contributed by atoms with Gasteiger partial charge in [-0.3, -0.25) is 4.90 Å². The van der Waals surface area contributed by atoms with Gasteiger partial charge in [-0.15, -0.1) is 10.2 Å². The predicted octanol–water partition coefficient (Wildman–Crippen LogP) is 0.522. The molecule has 1 saturated heterocycles. The Balaban J connectivity index is 1.75. The first-order valence-corrected chi connectivity index (χ1v) is 7.37. The summed E-state index contributed by atoms with van der Waals surface area (Å²) in [5.74, 6) is 0.653. The molecule has 2 fully saturated rings. The largest absolute Gasteiger partial charge is 0.391 e. The number of hydrogen-bond acceptors (Lipinski definition) is 5. The number of hydrogen-bond donors (Lipinski definition) is 1. The minimum absolute atomic E-state index is 0.0320. The maximum absolute atomic E-state index is 10.8. The first-order valence-electron chi connectivity index (χ1n) is 7.37. The lowest BCUT2D eigenvalue weighted by Crippen LogP contribution is -2.54. The number of aryl methyl sites for hydroxylation is 1. The fraction of sp³-hybridized carbons (Fsp3) is 0.923. The van der Waals surface area contributed by atoms with Gasteiger partial charge in [0.25, 0.3) is 0 Å². The molecule has 1 aliphatic heterocycles. The van der Waals surface area contributed by atoms with Crippen molar-refractivity contribution in [3.8, 4) is 0 Å². The highest BCUT2D eigenvalue weighted by Crippen LogP contribution is 2.40. The highest BCUT2D eigenvalue weighted by Gasteiger charge is 2.46. The number of aromatic nitrogens is 4. The SMILES string of the molecule is Cn1nnc(CC(O)C2(N3CCCC3)CCCC2)n1. The highest BCUT2D eigenvalue weighted by atomic mass is 16.3. The van der Waals surface area contributed by atoms with Gasteiger partial charge in [0.05, 0.1) is 13.2 Å². The summed E-state index contributed by atoms with van der Waals surface area (Å²) in [5.41, 5.74) is -0.0320. The van der Waals surface area contributed by atoms with E-state index in [1.807, 2.05) is 0 Å². The number of rotatable bonds is 4. The van der Waals surface area contributed by atoms with Crippen molar-refractivity contribution < 1.29 is 5.11 Å². The van der Waals surface area contributed by atoms with E-state index in [0.29, 0.717) is 12.2 Å². The van der Waals surface area contributed by atoms with Gasteiger partial charge in [-0.25, -0.2) is 0 Å². The Morgan fingerprint density at radius 1 is 1.21 bits per heavy atom.